The van der Waals surface area contributed by atoms with Crippen LogP contribution in [0.5, 0.6) is 0 Å². The minimum atomic E-state index is -0.534. The van der Waals surface area contributed by atoms with Crippen LogP contribution in [0.25, 0.3) is 0 Å². The number of rotatable bonds is 1. The highest BCUT2D eigenvalue weighted by atomic mass is 79.9. The van der Waals surface area contributed by atoms with E-state index >= 15 is 0 Å². The molecule has 0 aromatic carbocycles. The Bertz CT molecular complexity index is 177. The van der Waals surface area contributed by atoms with Crippen molar-refractivity contribution in [1.82, 2.24) is 4.90 Å². The SMILES string of the molecule is Br.COC(=O)[C@H]1CN(C)CC[C@@H]1O. The van der Waals surface area contributed by atoms with Gasteiger partial charge in [-0.15, -0.1) is 17.0 Å². The summed E-state index contributed by atoms with van der Waals surface area (Å²) in [6.45, 7) is 1.43. The summed E-state index contributed by atoms with van der Waals surface area (Å²) < 4.78 is 4.58. The molecule has 1 saturated heterocycles. The normalized spacial score (nSPS) is 29.2. The van der Waals surface area contributed by atoms with Crippen molar-refractivity contribution in [3.63, 3.8) is 0 Å². The highest BCUT2D eigenvalue weighted by Crippen LogP contribution is 2.16. The van der Waals surface area contributed by atoms with Crippen LogP contribution in [-0.4, -0.2) is 49.3 Å². The number of ether oxygens (including phenoxy) is 1. The summed E-state index contributed by atoms with van der Waals surface area (Å²) in [5, 5.41) is 9.46. The third-order valence-corrected chi connectivity index (χ3v) is 2.28. The van der Waals surface area contributed by atoms with Gasteiger partial charge in [-0.3, -0.25) is 4.79 Å². The lowest BCUT2D eigenvalue weighted by molar-refractivity contribution is -0.152. The molecule has 0 amide bonds. The minimum Gasteiger partial charge on any atom is -0.469 e. The number of halogens is 1. The number of carbonyl (C=O) groups is 1. The van der Waals surface area contributed by atoms with Crippen LogP contribution in [0.1, 0.15) is 6.42 Å². The third-order valence-electron chi connectivity index (χ3n) is 2.28. The van der Waals surface area contributed by atoms with E-state index in [4.69, 9.17) is 0 Å². The average molecular weight is 254 g/mol. The Balaban J connectivity index is 0.00000144. The van der Waals surface area contributed by atoms with Gasteiger partial charge in [-0.25, -0.2) is 0 Å². The van der Waals surface area contributed by atoms with Gasteiger partial charge >= 0.3 is 5.97 Å². The first-order chi connectivity index (χ1) is 5.65. The molecular weight excluding hydrogens is 238 g/mol. The first kappa shape index (κ1) is 12.9. The fourth-order valence-corrected chi connectivity index (χ4v) is 1.49. The molecule has 5 heteroatoms. The van der Waals surface area contributed by atoms with Crippen molar-refractivity contribution in [1.29, 1.82) is 0 Å². The zero-order chi connectivity index (χ0) is 9.14. The molecule has 1 fully saturated rings. The largest absolute Gasteiger partial charge is 0.469 e. The lowest BCUT2D eigenvalue weighted by Gasteiger charge is -2.31. The van der Waals surface area contributed by atoms with Crippen LogP contribution in [0.4, 0.5) is 0 Å². The van der Waals surface area contributed by atoms with E-state index in [2.05, 4.69) is 4.74 Å². The topological polar surface area (TPSA) is 49.8 Å². The molecule has 78 valence electrons. The summed E-state index contributed by atoms with van der Waals surface area (Å²) in [6, 6.07) is 0. The van der Waals surface area contributed by atoms with Crippen LogP contribution in [0.15, 0.2) is 0 Å². The number of carbonyl (C=O) groups excluding carboxylic acids is 1. The van der Waals surface area contributed by atoms with Crippen molar-refractivity contribution in [2.75, 3.05) is 27.2 Å². The lowest BCUT2D eigenvalue weighted by atomic mass is 9.95. The molecular formula is C8H16BrNO3. The molecule has 0 spiro atoms. The van der Waals surface area contributed by atoms with Crippen LogP contribution >= 0.6 is 17.0 Å². The predicted molar refractivity (Wildman–Crippen MR) is 53.9 cm³/mol. The summed E-state index contributed by atoms with van der Waals surface area (Å²) in [5.74, 6) is -0.678. The number of aliphatic hydroxyl groups is 1. The van der Waals surface area contributed by atoms with Gasteiger partial charge in [-0.05, 0) is 13.5 Å². The smallest absolute Gasteiger partial charge is 0.312 e. The maximum atomic E-state index is 11.1. The Morgan fingerprint density at radius 2 is 2.23 bits per heavy atom. The van der Waals surface area contributed by atoms with Gasteiger partial charge in [0.25, 0.3) is 0 Å². The maximum absolute atomic E-state index is 11.1. The van der Waals surface area contributed by atoms with E-state index in [-0.39, 0.29) is 28.9 Å². The molecule has 1 rings (SSSR count). The van der Waals surface area contributed by atoms with Crippen LogP contribution < -0.4 is 0 Å². The van der Waals surface area contributed by atoms with E-state index in [1.807, 2.05) is 11.9 Å². The quantitative estimate of drug-likeness (QED) is 0.672. The average Bonchev–Trinajstić information content (AvgIpc) is 2.08. The number of methoxy groups -OCH3 is 1. The molecule has 1 heterocycles. The van der Waals surface area contributed by atoms with Crippen molar-refractivity contribution < 1.29 is 14.6 Å². The molecule has 4 nitrogen and oxygen atoms in total. The first-order valence-corrected chi connectivity index (χ1v) is 4.09. The van der Waals surface area contributed by atoms with Crippen molar-refractivity contribution in [2.24, 2.45) is 5.92 Å². The number of piperidine rings is 1. The molecule has 0 aromatic heterocycles. The van der Waals surface area contributed by atoms with Crippen molar-refractivity contribution in [3.05, 3.63) is 0 Å². The van der Waals surface area contributed by atoms with Crippen molar-refractivity contribution in [2.45, 2.75) is 12.5 Å². The van der Waals surface area contributed by atoms with Gasteiger partial charge in [0.2, 0.25) is 0 Å². The number of esters is 1. The molecule has 1 N–H and O–H groups in total. The molecule has 0 saturated carbocycles. The first-order valence-electron chi connectivity index (χ1n) is 4.09. The lowest BCUT2D eigenvalue weighted by Crippen LogP contribution is -2.45. The minimum absolute atomic E-state index is 0. The molecule has 1 aliphatic heterocycles. The highest BCUT2D eigenvalue weighted by Gasteiger charge is 2.32. The molecule has 0 unspecified atom stereocenters. The van der Waals surface area contributed by atoms with Crippen LogP contribution in [0, 0.1) is 5.92 Å². The fraction of sp³-hybridized carbons (Fsp3) is 0.875. The highest BCUT2D eigenvalue weighted by molar-refractivity contribution is 8.93. The maximum Gasteiger partial charge on any atom is 0.312 e. The van der Waals surface area contributed by atoms with E-state index in [1.165, 1.54) is 7.11 Å². The Kier molecular flexibility index (Phi) is 5.51. The second-order valence-electron chi connectivity index (χ2n) is 3.25. The Labute approximate surface area is 88.6 Å². The van der Waals surface area contributed by atoms with Crippen molar-refractivity contribution in [3.8, 4) is 0 Å². The van der Waals surface area contributed by atoms with E-state index in [0.717, 1.165) is 6.54 Å². The van der Waals surface area contributed by atoms with Gasteiger partial charge in [-0.1, -0.05) is 0 Å². The van der Waals surface area contributed by atoms with Gasteiger partial charge < -0.3 is 14.7 Å². The fourth-order valence-electron chi connectivity index (χ4n) is 1.49. The molecule has 13 heavy (non-hydrogen) atoms. The zero-order valence-electron chi connectivity index (χ0n) is 7.90. The van der Waals surface area contributed by atoms with E-state index in [1.54, 1.807) is 0 Å². The Morgan fingerprint density at radius 1 is 1.62 bits per heavy atom. The van der Waals surface area contributed by atoms with Crippen LogP contribution in [-0.2, 0) is 9.53 Å². The summed E-state index contributed by atoms with van der Waals surface area (Å²) in [6.07, 6.45) is 0.115. The molecule has 0 radical (unpaired) electrons. The summed E-state index contributed by atoms with van der Waals surface area (Å²) in [7, 11) is 3.28. The van der Waals surface area contributed by atoms with Gasteiger partial charge in [-0.2, -0.15) is 0 Å². The number of nitrogens with zero attached hydrogens (tertiary/aromatic N) is 1. The molecule has 2 atom stereocenters. The van der Waals surface area contributed by atoms with Crippen molar-refractivity contribution >= 4 is 23.0 Å². The second-order valence-corrected chi connectivity index (χ2v) is 3.25. The Morgan fingerprint density at radius 3 is 2.77 bits per heavy atom. The Hall–Kier alpha value is -0.130. The number of hydrogen-bond donors (Lipinski definition) is 1. The monoisotopic (exact) mass is 253 g/mol. The molecule has 0 aromatic rings. The summed E-state index contributed by atoms with van der Waals surface area (Å²) in [5.41, 5.74) is 0. The van der Waals surface area contributed by atoms with E-state index < -0.39 is 6.10 Å². The van der Waals surface area contributed by atoms with E-state index in [0.29, 0.717) is 13.0 Å². The number of likely N-dealkylation sites (tertiary alicyclic amines) is 1. The van der Waals surface area contributed by atoms with Gasteiger partial charge in [0.1, 0.15) is 0 Å². The van der Waals surface area contributed by atoms with E-state index in [9.17, 15) is 9.90 Å². The van der Waals surface area contributed by atoms with Gasteiger partial charge in [0, 0.05) is 13.1 Å². The molecule has 1 aliphatic rings. The zero-order valence-corrected chi connectivity index (χ0v) is 9.61. The predicted octanol–water partition coefficient (Wildman–Crippen LogP) is 0.0499. The third kappa shape index (κ3) is 3.25. The standard InChI is InChI=1S/C8H15NO3.BrH/c1-9-4-3-7(10)6(5-9)8(11)12-2;/h6-7,10H,3-5H2,1-2H3;1H/t6-,7-;/m0./s1. The van der Waals surface area contributed by atoms with Crippen LogP contribution in [0.2, 0.25) is 0 Å². The summed E-state index contributed by atoms with van der Waals surface area (Å²) in [4.78, 5) is 13.1. The van der Waals surface area contributed by atoms with Gasteiger partial charge in [0.05, 0.1) is 19.1 Å². The number of hydrogen-bond acceptors (Lipinski definition) is 4. The van der Waals surface area contributed by atoms with Crippen LogP contribution in [0.3, 0.4) is 0 Å². The summed E-state index contributed by atoms with van der Waals surface area (Å²) >= 11 is 0. The number of aliphatic hydroxyl groups excluding tert-OH is 1. The molecule has 0 aliphatic carbocycles. The second kappa shape index (κ2) is 5.57. The van der Waals surface area contributed by atoms with Gasteiger partial charge in [0.15, 0.2) is 0 Å². The molecule has 0 bridgehead atoms.